The maximum atomic E-state index is 3.60. The molecule has 0 amide bonds. The molecule has 0 spiro atoms. The molecule has 2 nitrogen and oxygen atoms in total. The third kappa shape index (κ3) is 2.03. The van der Waals surface area contributed by atoms with Gasteiger partial charge >= 0.3 is 0 Å². The molecule has 2 aliphatic rings. The number of fused-ring (bicyclic) bond motifs is 2. The Balaban J connectivity index is 1.68. The fraction of sp³-hybridized carbons (Fsp3) is 0.500. The van der Waals surface area contributed by atoms with Crippen molar-refractivity contribution in [1.29, 1.82) is 0 Å². The van der Waals surface area contributed by atoms with Crippen LogP contribution in [0, 0.1) is 0 Å². The lowest BCUT2D eigenvalue weighted by Gasteiger charge is -2.34. The second-order valence-electron chi connectivity index (χ2n) is 5.99. The summed E-state index contributed by atoms with van der Waals surface area (Å²) in [6.07, 6.45) is 7.71. The van der Waals surface area contributed by atoms with Crippen LogP contribution >= 0.6 is 15.9 Å². The standard InChI is InChI=1S/C16H19BrN2/c17-12-3-4-16-14(9-12)15(10-18-16)11-5-7-19-6-1-2-13(19)8-11/h3-4,9-11,13,18H,1-2,5-8H2. The van der Waals surface area contributed by atoms with Crippen LogP contribution in [0.4, 0.5) is 0 Å². The summed E-state index contributed by atoms with van der Waals surface area (Å²) in [4.78, 5) is 6.13. The van der Waals surface area contributed by atoms with E-state index in [0.717, 1.165) is 12.0 Å². The molecule has 4 rings (SSSR count). The first-order valence-electron chi connectivity index (χ1n) is 7.32. The van der Waals surface area contributed by atoms with Crippen LogP contribution in [0.2, 0.25) is 0 Å². The number of piperidine rings is 1. The van der Waals surface area contributed by atoms with Crippen LogP contribution in [-0.2, 0) is 0 Å². The highest BCUT2D eigenvalue weighted by molar-refractivity contribution is 9.10. The Morgan fingerprint density at radius 2 is 2.16 bits per heavy atom. The Labute approximate surface area is 122 Å². The molecule has 100 valence electrons. The van der Waals surface area contributed by atoms with E-state index in [-0.39, 0.29) is 0 Å². The normalized spacial score (nSPS) is 27.8. The summed E-state index contributed by atoms with van der Waals surface area (Å²) in [6, 6.07) is 7.40. The number of aromatic amines is 1. The Bertz CT molecular complexity index is 604. The van der Waals surface area contributed by atoms with Gasteiger partial charge in [0.1, 0.15) is 0 Å². The van der Waals surface area contributed by atoms with Gasteiger partial charge in [0.05, 0.1) is 0 Å². The number of hydrogen-bond acceptors (Lipinski definition) is 1. The van der Waals surface area contributed by atoms with Crippen molar-refractivity contribution >= 4 is 26.8 Å². The van der Waals surface area contributed by atoms with Gasteiger partial charge in [0.25, 0.3) is 0 Å². The molecule has 3 heterocycles. The zero-order valence-electron chi connectivity index (χ0n) is 11.0. The van der Waals surface area contributed by atoms with Gasteiger partial charge in [-0.2, -0.15) is 0 Å². The molecule has 2 fully saturated rings. The van der Waals surface area contributed by atoms with E-state index in [1.54, 1.807) is 0 Å². The average molecular weight is 319 g/mol. The van der Waals surface area contributed by atoms with Gasteiger partial charge in [-0.25, -0.2) is 0 Å². The van der Waals surface area contributed by atoms with Crippen LogP contribution in [0.3, 0.4) is 0 Å². The van der Waals surface area contributed by atoms with Crippen LogP contribution in [0.15, 0.2) is 28.9 Å². The highest BCUT2D eigenvalue weighted by Gasteiger charge is 2.32. The molecule has 1 aromatic carbocycles. The summed E-state index contributed by atoms with van der Waals surface area (Å²) in [6.45, 7) is 2.62. The SMILES string of the molecule is Brc1ccc2[nH]cc(C3CCN4CCCC4C3)c2c1. The van der Waals surface area contributed by atoms with Crippen LogP contribution in [-0.4, -0.2) is 29.0 Å². The maximum absolute atomic E-state index is 3.60. The molecule has 2 atom stereocenters. The van der Waals surface area contributed by atoms with Crippen molar-refractivity contribution < 1.29 is 0 Å². The zero-order chi connectivity index (χ0) is 12.8. The molecule has 19 heavy (non-hydrogen) atoms. The quantitative estimate of drug-likeness (QED) is 0.831. The number of nitrogens with one attached hydrogen (secondary N) is 1. The largest absolute Gasteiger partial charge is 0.361 e. The molecular weight excluding hydrogens is 300 g/mol. The summed E-state index contributed by atoms with van der Waals surface area (Å²) in [5, 5.41) is 1.41. The first-order valence-corrected chi connectivity index (χ1v) is 8.11. The second-order valence-corrected chi connectivity index (χ2v) is 6.90. The number of benzene rings is 1. The van der Waals surface area contributed by atoms with Crippen molar-refractivity contribution in [3.63, 3.8) is 0 Å². The fourth-order valence-electron chi connectivity index (χ4n) is 3.96. The van der Waals surface area contributed by atoms with Crippen LogP contribution < -0.4 is 0 Å². The summed E-state index contributed by atoms with van der Waals surface area (Å²) >= 11 is 3.60. The van der Waals surface area contributed by atoms with Crippen molar-refractivity contribution in [3.8, 4) is 0 Å². The molecule has 0 saturated carbocycles. The maximum Gasteiger partial charge on any atom is 0.0457 e. The highest BCUT2D eigenvalue weighted by Crippen LogP contribution is 2.39. The van der Waals surface area contributed by atoms with Crippen molar-refractivity contribution in [2.75, 3.05) is 13.1 Å². The smallest absolute Gasteiger partial charge is 0.0457 e. The van der Waals surface area contributed by atoms with E-state index in [9.17, 15) is 0 Å². The summed E-state index contributed by atoms with van der Waals surface area (Å²) < 4.78 is 1.18. The van der Waals surface area contributed by atoms with Gasteiger partial charge in [0.2, 0.25) is 0 Å². The second kappa shape index (κ2) is 4.64. The minimum Gasteiger partial charge on any atom is -0.361 e. The Hall–Kier alpha value is -0.800. The Kier molecular flexibility index (Phi) is 2.92. The van der Waals surface area contributed by atoms with E-state index in [1.807, 2.05) is 0 Å². The number of halogens is 1. The van der Waals surface area contributed by atoms with Gasteiger partial charge in [-0.05, 0) is 68.5 Å². The number of rotatable bonds is 1. The number of aromatic nitrogens is 1. The third-order valence-corrected chi connectivity index (χ3v) is 5.43. The first-order chi connectivity index (χ1) is 9.31. The summed E-state index contributed by atoms with van der Waals surface area (Å²) in [5.41, 5.74) is 2.80. The first kappa shape index (κ1) is 12.0. The van der Waals surface area contributed by atoms with Crippen LogP contribution in [0.5, 0.6) is 0 Å². The molecule has 0 radical (unpaired) electrons. The summed E-state index contributed by atoms with van der Waals surface area (Å²) in [7, 11) is 0. The van der Waals surface area contributed by atoms with E-state index in [1.165, 1.54) is 59.7 Å². The molecule has 2 saturated heterocycles. The molecule has 0 bridgehead atoms. The topological polar surface area (TPSA) is 19.0 Å². The van der Waals surface area contributed by atoms with E-state index >= 15 is 0 Å². The van der Waals surface area contributed by atoms with Crippen molar-refractivity contribution in [3.05, 3.63) is 34.4 Å². The molecule has 0 aliphatic carbocycles. The lowest BCUT2D eigenvalue weighted by Crippen LogP contribution is -2.37. The predicted molar refractivity (Wildman–Crippen MR) is 82.6 cm³/mol. The lowest BCUT2D eigenvalue weighted by molar-refractivity contribution is 0.181. The number of nitrogens with zero attached hydrogens (tertiary/aromatic N) is 1. The van der Waals surface area contributed by atoms with E-state index in [2.05, 4.69) is 50.2 Å². The summed E-state index contributed by atoms with van der Waals surface area (Å²) in [5.74, 6) is 0.738. The zero-order valence-corrected chi connectivity index (χ0v) is 12.6. The van der Waals surface area contributed by atoms with Gasteiger partial charge in [-0.3, -0.25) is 0 Å². The van der Waals surface area contributed by atoms with Gasteiger partial charge in [0.15, 0.2) is 0 Å². The number of H-pyrrole nitrogens is 1. The van der Waals surface area contributed by atoms with Gasteiger partial charge in [-0.15, -0.1) is 0 Å². The van der Waals surface area contributed by atoms with Gasteiger partial charge in [0, 0.05) is 27.6 Å². The highest BCUT2D eigenvalue weighted by atomic mass is 79.9. The molecule has 2 aromatic rings. The third-order valence-electron chi connectivity index (χ3n) is 4.94. The average Bonchev–Trinajstić information content (AvgIpc) is 3.03. The molecule has 2 aliphatic heterocycles. The van der Waals surface area contributed by atoms with E-state index < -0.39 is 0 Å². The van der Waals surface area contributed by atoms with E-state index in [4.69, 9.17) is 0 Å². The van der Waals surface area contributed by atoms with Crippen molar-refractivity contribution in [2.24, 2.45) is 0 Å². The minimum absolute atomic E-state index is 0.738. The Morgan fingerprint density at radius 1 is 1.21 bits per heavy atom. The van der Waals surface area contributed by atoms with Crippen molar-refractivity contribution in [1.82, 2.24) is 9.88 Å². The predicted octanol–water partition coefficient (Wildman–Crippen LogP) is 4.27. The lowest BCUT2D eigenvalue weighted by atomic mass is 9.85. The monoisotopic (exact) mass is 318 g/mol. The fourth-order valence-corrected chi connectivity index (χ4v) is 4.32. The van der Waals surface area contributed by atoms with Gasteiger partial charge < -0.3 is 9.88 Å². The molecule has 1 aromatic heterocycles. The van der Waals surface area contributed by atoms with Crippen LogP contribution in [0.25, 0.3) is 10.9 Å². The molecular formula is C16H19BrN2. The van der Waals surface area contributed by atoms with Crippen molar-refractivity contribution in [2.45, 2.75) is 37.6 Å². The molecule has 3 heteroatoms. The van der Waals surface area contributed by atoms with Crippen LogP contribution in [0.1, 0.15) is 37.2 Å². The minimum atomic E-state index is 0.738. The number of hydrogen-bond donors (Lipinski definition) is 1. The Morgan fingerprint density at radius 3 is 3.11 bits per heavy atom. The molecule has 1 N–H and O–H groups in total. The van der Waals surface area contributed by atoms with Gasteiger partial charge in [-0.1, -0.05) is 15.9 Å². The molecule has 2 unspecified atom stereocenters. The van der Waals surface area contributed by atoms with E-state index in [0.29, 0.717) is 0 Å².